The van der Waals surface area contributed by atoms with E-state index in [1.807, 2.05) is 0 Å². The van der Waals surface area contributed by atoms with Gasteiger partial charge in [-0.1, -0.05) is 69.4 Å². The minimum Gasteiger partial charge on any atom is -0.216 e. The molecule has 3 rings (SSSR count). The van der Waals surface area contributed by atoms with Gasteiger partial charge in [-0.2, -0.15) is 0 Å². The Balaban J connectivity index is 1.33. The standard InChI is InChI=1S/C28H43F/c1-2-3-4-5-6-23-13-17-27(18-14-23)28-19-15-25(16-20-28)8-7-24-9-11-26(12-10-24)21-22-29/h13-14,17-18,21-22,24-26,28H,2-12,15-16,19-20H2,1H3/t24-,25-,26-,28-. The summed E-state index contributed by atoms with van der Waals surface area (Å²) in [7, 11) is 0. The van der Waals surface area contributed by atoms with Crippen LogP contribution in [0.2, 0.25) is 0 Å². The molecule has 0 amide bonds. The quantitative estimate of drug-likeness (QED) is 0.345. The van der Waals surface area contributed by atoms with Crippen LogP contribution in [-0.4, -0.2) is 0 Å². The zero-order chi connectivity index (χ0) is 20.3. The van der Waals surface area contributed by atoms with Crippen LogP contribution in [0.1, 0.15) is 114 Å². The number of hydrogen-bond acceptors (Lipinski definition) is 0. The molecule has 1 heteroatoms. The van der Waals surface area contributed by atoms with Gasteiger partial charge < -0.3 is 0 Å². The van der Waals surface area contributed by atoms with Gasteiger partial charge in [0.15, 0.2) is 0 Å². The van der Waals surface area contributed by atoms with Crippen molar-refractivity contribution in [1.29, 1.82) is 0 Å². The van der Waals surface area contributed by atoms with Gasteiger partial charge in [-0.05, 0) is 99.0 Å². The highest BCUT2D eigenvalue weighted by molar-refractivity contribution is 5.26. The molecule has 2 fully saturated rings. The molecule has 1 aromatic rings. The summed E-state index contributed by atoms with van der Waals surface area (Å²) in [6, 6.07) is 9.62. The fourth-order valence-electron chi connectivity index (χ4n) is 5.74. The molecule has 0 aliphatic heterocycles. The Morgan fingerprint density at radius 3 is 2.00 bits per heavy atom. The average molecular weight is 399 g/mol. The van der Waals surface area contributed by atoms with Crippen molar-refractivity contribution in [3.05, 3.63) is 47.8 Å². The van der Waals surface area contributed by atoms with Crippen LogP contribution in [0.4, 0.5) is 4.39 Å². The highest BCUT2D eigenvalue weighted by Crippen LogP contribution is 2.40. The first-order valence-electron chi connectivity index (χ1n) is 12.6. The van der Waals surface area contributed by atoms with E-state index in [-0.39, 0.29) is 0 Å². The molecule has 29 heavy (non-hydrogen) atoms. The summed E-state index contributed by atoms with van der Waals surface area (Å²) in [5.41, 5.74) is 3.11. The fraction of sp³-hybridized carbons (Fsp3) is 0.714. The molecule has 1 aromatic carbocycles. The van der Waals surface area contributed by atoms with E-state index >= 15 is 0 Å². The van der Waals surface area contributed by atoms with Crippen LogP contribution < -0.4 is 0 Å². The van der Waals surface area contributed by atoms with Gasteiger partial charge in [0, 0.05) is 0 Å². The second-order valence-electron chi connectivity index (χ2n) is 9.95. The molecule has 0 N–H and O–H groups in total. The van der Waals surface area contributed by atoms with Crippen LogP contribution in [0, 0.1) is 17.8 Å². The van der Waals surface area contributed by atoms with Crippen LogP contribution in [0.5, 0.6) is 0 Å². The zero-order valence-electron chi connectivity index (χ0n) is 18.8. The van der Waals surface area contributed by atoms with Crippen molar-refractivity contribution in [2.45, 2.75) is 109 Å². The SMILES string of the molecule is CCCCCCc1ccc([C@H]2CC[C@H](CC[C@H]3CC[C@H](C=CF)CC3)CC2)cc1. The number of hydrogen-bond donors (Lipinski definition) is 0. The van der Waals surface area contributed by atoms with E-state index < -0.39 is 0 Å². The molecular formula is C28H43F. The van der Waals surface area contributed by atoms with Gasteiger partial charge in [-0.3, -0.25) is 0 Å². The molecule has 2 aliphatic rings. The lowest BCUT2D eigenvalue weighted by molar-refractivity contribution is 0.245. The highest BCUT2D eigenvalue weighted by atomic mass is 19.1. The Hall–Kier alpha value is -1.11. The highest BCUT2D eigenvalue weighted by Gasteiger charge is 2.24. The van der Waals surface area contributed by atoms with E-state index in [9.17, 15) is 4.39 Å². The van der Waals surface area contributed by atoms with E-state index in [1.54, 1.807) is 11.6 Å². The molecular weight excluding hydrogens is 355 g/mol. The largest absolute Gasteiger partial charge is 0.216 e. The zero-order valence-corrected chi connectivity index (χ0v) is 18.8. The normalized spacial score (nSPS) is 28.1. The van der Waals surface area contributed by atoms with Gasteiger partial charge in [0.05, 0.1) is 6.33 Å². The Morgan fingerprint density at radius 2 is 1.41 bits per heavy atom. The van der Waals surface area contributed by atoms with Crippen molar-refractivity contribution < 1.29 is 4.39 Å². The first kappa shape index (κ1) is 22.6. The number of rotatable bonds is 10. The lowest BCUT2D eigenvalue weighted by Crippen LogP contribution is -2.17. The lowest BCUT2D eigenvalue weighted by atomic mass is 9.74. The minimum absolute atomic E-state index is 0.509. The number of allylic oxidation sites excluding steroid dienone is 1. The Bertz CT molecular complexity index is 571. The van der Waals surface area contributed by atoms with Gasteiger partial charge in [-0.25, -0.2) is 4.39 Å². The van der Waals surface area contributed by atoms with Crippen LogP contribution in [0.15, 0.2) is 36.7 Å². The molecule has 0 spiro atoms. The van der Waals surface area contributed by atoms with Gasteiger partial charge in [0.1, 0.15) is 0 Å². The second kappa shape index (κ2) is 12.6. The molecule has 0 heterocycles. The monoisotopic (exact) mass is 398 g/mol. The van der Waals surface area contributed by atoms with Crippen molar-refractivity contribution in [2.75, 3.05) is 0 Å². The maximum absolute atomic E-state index is 12.3. The van der Waals surface area contributed by atoms with Crippen molar-refractivity contribution in [3.8, 4) is 0 Å². The van der Waals surface area contributed by atoms with E-state index in [1.165, 1.54) is 102 Å². The first-order chi connectivity index (χ1) is 14.3. The first-order valence-corrected chi connectivity index (χ1v) is 12.6. The molecule has 0 radical (unpaired) electrons. The van der Waals surface area contributed by atoms with Crippen molar-refractivity contribution in [1.82, 2.24) is 0 Å². The maximum atomic E-state index is 12.3. The van der Waals surface area contributed by atoms with E-state index in [4.69, 9.17) is 0 Å². The van der Waals surface area contributed by atoms with Crippen LogP contribution in [0.3, 0.4) is 0 Å². The molecule has 0 nitrogen and oxygen atoms in total. The summed E-state index contributed by atoms with van der Waals surface area (Å²) in [6.45, 7) is 2.28. The smallest absolute Gasteiger partial charge is 0.0829 e. The van der Waals surface area contributed by atoms with E-state index in [2.05, 4.69) is 31.2 Å². The maximum Gasteiger partial charge on any atom is 0.0829 e. The van der Waals surface area contributed by atoms with Crippen LogP contribution in [-0.2, 0) is 6.42 Å². The van der Waals surface area contributed by atoms with E-state index in [0.717, 1.165) is 24.1 Å². The topological polar surface area (TPSA) is 0 Å². The summed E-state index contributed by atoms with van der Waals surface area (Å²) in [5.74, 6) is 3.16. The molecule has 162 valence electrons. The van der Waals surface area contributed by atoms with Gasteiger partial charge >= 0.3 is 0 Å². The Kier molecular flexibility index (Phi) is 9.77. The van der Waals surface area contributed by atoms with Gasteiger partial charge in [-0.15, -0.1) is 0 Å². The molecule has 0 bridgehead atoms. The predicted octanol–water partition coefficient (Wildman–Crippen LogP) is 9.15. The lowest BCUT2D eigenvalue weighted by Gasteiger charge is -2.31. The van der Waals surface area contributed by atoms with Crippen molar-refractivity contribution in [3.63, 3.8) is 0 Å². The summed E-state index contributed by atoms with van der Waals surface area (Å²) in [6.07, 6.45) is 22.7. The molecule has 0 saturated heterocycles. The number of benzene rings is 1. The third-order valence-electron chi connectivity index (χ3n) is 7.84. The van der Waals surface area contributed by atoms with Crippen molar-refractivity contribution >= 4 is 0 Å². The third kappa shape index (κ3) is 7.58. The third-order valence-corrected chi connectivity index (χ3v) is 7.84. The van der Waals surface area contributed by atoms with Crippen LogP contribution in [0.25, 0.3) is 0 Å². The molecule has 0 atom stereocenters. The summed E-state index contributed by atoms with van der Waals surface area (Å²) < 4.78 is 12.3. The summed E-state index contributed by atoms with van der Waals surface area (Å²) in [5, 5.41) is 0. The van der Waals surface area contributed by atoms with Gasteiger partial charge in [0.25, 0.3) is 0 Å². The van der Waals surface area contributed by atoms with Crippen molar-refractivity contribution in [2.24, 2.45) is 17.8 Å². The van der Waals surface area contributed by atoms with Gasteiger partial charge in [0.2, 0.25) is 0 Å². The fourth-order valence-corrected chi connectivity index (χ4v) is 5.74. The average Bonchev–Trinajstić information content (AvgIpc) is 2.77. The predicted molar refractivity (Wildman–Crippen MR) is 124 cm³/mol. The molecule has 2 aliphatic carbocycles. The number of aryl methyl sites for hydroxylation is 1. The summed E-state index contributed by atoms with van der Waals surface area (Å²) in [4.78, 5) is 0. The second-order valence-corrected chi connectivity index (χ2v) is 9.95. The number of halogens is 1. The number of unbranched alkanes of at least 4 members (excludes halogenated alkanes) is 3. The molecule has 2 saturated carbocycles. The summed E-state index contributed by atoms with van der Waals surface area (Å²) >= 11 is 0. The molecule has 0 aromatic heterocycles. The Labute approximate surface area is 179 Å². The Morgan fingerprint density at radius 1 is 0.793 bits per heavy atom. The van der Waals surface area contributed by atoms with E-state index in [0.29, 0.717) is 5.92 Å². The van der Waals surface area contributed by atoms with Crippen LogP contribution >= 0.6 is 0 Å². The minimum atomic E-state index is 0.509. The molecule has 0 unspecified atom stereocenters.